The number of rotatable bonds is 6. The number of carbonyl (C=O) groups excluding carboxylic acids is 3. The fraction of sp³-hybridized carbons (Fsp3) is 0.514. The summed E-state index contributed by atoms with van der Waals surface area (Å²) in [5, 5.41) is 21.9. The monoisotopic (exact) mass is 630 g/mol. The van der Waals surface area contributed by atoms with Gasteiger partial charge in [0.25, 0.3) is 0 Å². The van der Waals surface area contributed by atoms with E-state index in [-0.39, 0.29) is 31.4 Å². The molecular weight excluding hydrogens is 588 g/mol. The fourth-order valence-corrected chi connectivity index (χ4v) is 7.01. The molecule has 0 radical (unpaired) electrons. The summed E-state index contributed by atoms with van der Waals surface area (Å²) < 4.78 is 5.61. The van der Waals surface area contributed by atoms with E-state index in [1.165, 1.54) is 4.90 Å². The number of nitrogens with zero attached hydrogens (tertiary/aromatic N) is 2. The van der Waals surface area contributed by atoms with E-state index in [0.717, 1.165) is 61.3 Å². The minimum absolute atomic E-state index is 0.0586. The van der Waals surface area contributed by atoms with Crippen LogP contribution in [0.25, 0.3) is 10.8 Å². The number of hydrogen-bond donors (Lipinski definition) is 3. The summed E-state index contributed by atoms with van der Waals surface area (Å²) in [5.74, 6) is -2.39. The van der Waals surface area contributed by atoms with Crippen molar-refractivity contribution < 1.29 is 33.9 Å². The highest BCUT2D eigenvalue weighted by Gasteiger charge is 2.61. The molecule has 244 valence electrons. The molecule has 46 heavy (non-hydrogen) atoms. The maximum atomic E-state index is 14.1. The van der Waals surface area contributed by atoms with Crippen LogP contribution >= 0.6 is 0 Å². The molecule has 6 rings (SSSR count). The smallest absolute Gasteiger partial charge is 0.408 e. The number of carboxylic acid groups (broad SMARTS) is 1. The molecule has 2 heterocycles. The van der Waals surface area contributed by atoms with Gasteiger partial charge in [-0.05, 0) is 62.1 Å². The minimum Gasteiger partial charge on any atom is -0.479 e. The van der Waals surface area contributed by atoms with Crippen molar-refractivity contribution in [3.63, 3.8) is 0 Å². The molecule has 2 saturated carbocycles. The van der Waals surface area contributed by atoms with Gasteiger partial charge in [0.1, 0.15) is 29.8 Å². The molecule has 0 aromatic heterocycles. The van der Waals surface area contributed by atoms with Crippen molar-refractivity contribution >= 4 is 40.9 Å². The number of nitrogens with one attached hydrogen (secondary N) is 2. The lowest BCUT2D eigenvalue weighted by Crippen LogP contribution is -2.56. The minimum atomic E-state index is -1.41. The Kier molecular flexibility index (Phi) is 9.56. The summed E-state index contributed by atoms with van der Waals surface area (Å²) in [7, 11) is 0. The Bertz CT molecular complexity index is 1510. The topological polar surface area (TPSA) is 147 Å². The Morgan fingerprint density at radius 1 is 1.00 bits per heavy atom. The molecule has 0 unspecified atom stereocenters. The normalized spacial score (nSPS) is 29.7. The lowest BCUT2D eigenvalue weighted by Gasteiger charge is -2.29. The van der Waals surface area contributed by atoms with E-state index in [4.69, 9.17) is 9.57 Å². The summed E-state index contributed by atoms with van der Waals surface area (Å²) in [5.41, 5.74) is -0.544. The highest BCUT2D eigenvalue weighted by Crippen LogP contribution is 2.45. The number of aliphatic carboxylic acids is 1. The van der Waals surface area contributed by atoms with Crippen molar-refractivity contribution in [3.8, 4) is 0 Å². The molecule has 2 aromatic carbocycles. The number of carbonyl (C=O) groups is 4. The second-order valence-corrected chi connectivity index (χ2v) is 12.9. The maximum absolute atomic E-state index is 14.1. The van der Waals surface area contributed by atoms with Crippen molar-refractivity contribution in [1.29, 1.82) is 0 Å². The van der Waals surface area contributed by atoms with E-state index in [9.17, 15) is 24.3 Å². The third-order valence-electron chi connectivity index (χ3n) is 9.71. The van der Waals surface area contributed by atoms with Gasteiger partial charge in [-0.15, -0.1) is 0 Å². The number of benzene rings is 2. The molecule has 5 atom stereocenters. The van der Waals surface area contributed by atoms with Crippen LogP contribution in [-0.2, 0) is 24.0 Å². The van der Waals surface area contributed by atoms with Gasteiger partial charge in [-0.25, -0.2) is 9.59 Å². The third kappa shape index (κ3) is 7.03. The van der Waals surface area contributed by atoms with Gasteiger partial charge in [-0.3, -0.25) is 9.59 Å². The summed E-state index contributed by atoms with van der Waals surface area (Å²) in [4.78, 5) is 60.4. The Balaban J connectivity index is 1.22. The van der Waals surface area contributed by atoms with Gasteiger partial charge in [-0.1, -0.05) is 72.6 Å². The Labute approximate surface area is 268 Å². The molecule has 3 N–H and O–H groups in total. The predicted molar refractivity (Wildman–Crippen MR) is 171 cm³/mol. The van der Waals surface area contributed by atoms with Crippen LogP contribution in [0.3, 0.4) is 0 Å². The molecule has 2 aromatic rings. The first kappa shape index (κ1) is 31.6. The van der Waals surface area contributed by atoms with Gasteiger partial charge in [-0.2, -0.15) is 0 Å². The number of hydrogen-bond acceptors (Lipinski definition) is 7. The van der Waals surface area contributed by atoms with E-state index in [1.54, 1.807) is 6.21 Å². The molecule has 1 saturated heterocycles. The van der Waals surface area contributed by atoms with Crippen LogP contribution in [0.5, 0.6) is 0 Å². The Morgan fingerprint density at radius 2 is 1.78 bits per heavy atom. The van der Waals surface area contributed by atoms with Crippen molar-refractivity contribution in [2.75, 3.05) is 6.54 Å². The summed E-state index contributed by atoms with van der Waals surface area (Å²) in [6.07, 6.45) is 11.6. The lowest BCUT2D eigenvalue weighted by molar-refractivity contribution is -0.145. The largest absolute Gasteiger partial charge is 0.479 e. The summed E-state index contributed by atoms with van der Waals surface area (Å²) in [6, 6.07) is 11.9. The molecule has 4 aliphatic rings. The van der Waals surface area contributed by atoms with Crippen molar-refractivity contribution in [2.45, 2.75) is 100 Å². The molecule has 0 bridgehead atoms. The van der Waals surface area contributed by atoms with Gasteiger partial charge >= 0.3 is 12.1 Å². The molecule has 11 nitrogen and oxygen atoms in total. The molecule has 2 aliphatic heterocycles. The zero-order valence-electron chi connectivity index (χ0n) is 25.9. The molecule has 2 aliphatic carbocycles. The van der Waals surface area contributed by atoms with Crippen molar-refractivity contribution in [2.24, 2.45) is 11.1 Å². The predicted octanol–water partition coefficient (Wildman–Crippen LogP) is 4.68. The average Bonchev–Trinajstić information content (AvgIpc) is 3.33. The Morgan fingerprint density at radius 3 is 2.61 bits per heavy atom. The number of oxime groups is 1. The Hall–Kier alpha value is -4.41. The van der Waals surface area contributed by atoms with Crippen molar-refractivity contribution in [3.05, 3.63) is 60.2 Å². The first-order valence-electron chi connectivity index (χ1n) is 16.5. The zero-order valence-corrected chi connectivity index (χ0v) is 25.9. The van der Waals surface area contributed by atoms with Crippen LogP contribution < -0.4 is 10.6 Å². The van der Waals surface area contributed by atoms with Gasteiger partial charge in [0.15, 0.2) is 0 Å². The number of fused-ring (bicyclic) bond motifs is 3. The van der Waals surface area contributed by atoms with E-state index in [0.29, 0.717) is 12.8 Å². The van der Waals surface area contributed by atoms with E-state index < -0.39 is 47.6 Å². The molecule has 3 amide bonds. The molecule has 0 spiro atoms. The van der Waals surface area contributed by atoms with Crippen LogP contribution in [0, 0.1) is 5.92 Å². The second kappa shape index (κ2) is 13.9. The summed E-state index contributed by atoms with van der Waals surface area (Å²) in [6.45, 7) is 0.0586. The number of allylic oxidation sites excluding steroid dienone is 1. The number of ether oxygens (including phenoxy) is 1. The number of amides is 3. The second-order valence-electron chi connectivity index (χ2n) is 12.9. The highest BCUT2D eigenvalue weighted by molar-refractivity contribution is 5.99. The van der Waals surface area contributed by atoms with Crippen LogP contribution in [0.2, 0.25) is 0 Å². The van der Waals surface area contributed by atoms with Crippen LogP contribution in [-0.4, -0.2) is 76.5 Å². The maximum Gasteiger partial charge on any atom is 0.408 e. The number of alkyl carbamates (subject to hydrolysis) is 1. The van der Waals surface area contributed by atoms with Gasteiger partial charge in [0.05, 0.1) is 12.8 Å². The molecular formula is C35H42N4O7. The van der Waals surface area contributed by atoms with E-state index >= 15 is 0 Å². The lowest BCUT2D eigenvalue weighted by atomic mass is 10.0. The van der Waals surface area contributed by atoms with Gasteiger partial charge in [0.2, 0.25) is 11.8 Å². The van der Waals surface area contributed by atoms with E-state index in [2.05, 4.69) is 15.8 Å². The first-order chi connectivity index (χ1) is 22.3. The average molecular weight is 631 g/mol. The fourth-order valence-electron chi connectivity index (χ4n) is 7.01. The number of carboxylic acids is 1. The first-order valence-corrected chi connectivity index (χ1v) is 16.5. The van der Waals surface area contributed by atoms with Crippen LogP contribution in [0.15, 0.2) is 59.8 Å². The zero-order chi connectivity index (χ0) is 32.1. The van der Waals surface area contributed by atoms with Crippen LogP contribution in [0.4, 0.5) is 4.79 Å². The SMILES string of the molecule is O=C(N[C@H]1CCCCC/C=C\[C@@H]2C[C@]2(C(=O)O)NC(=O)[C@@H]2C[C@@H](O/N=C/c3cccc4ccccc34)CN2C1=O)OC1CCCC1. The standard InChI is InChI=1S/C35H42N4O7/c40-31-30-19-27(46-36-21-24-13-10-12-23-11-6-9-17-28(23)24)22-39(30)32(41)29(37-34(44)45-26-15-7-8-16-26)18-5-3-1-2-4-14-25-20-35(25,38-31)33(42)43/h4,6,9-14,17,21,25-27,29-30H,1-3,5,7-8,15-16,18-20,22H2,(H,37,44)(H,38,40)(H,42,43)/b14-4-,36-21+/t25-,27-,29+,30+,35+/m1/s1. The molecule has 3 fully saturated rings. The van der Waals surface area contributed by atoms with Gasteiger partial charge < -0.3 is 30.2 Å². The van der Waals surface area contributed by atoms with E-state index in [1.807, 2.05) is 54.6 Å². The van der Waals surface area contributed by atoms with Gasteiger partial charge in [0, 0.05) is 17.9 Å². The van der Waals surface area contributed by atoms with Crippen LogP contribution in [0.1, 0.15) is 76.2 Å². The quantitative estimate of drug-likeness (QED) is 0.239. The third-order valence-corrected chi connectivity index (χ3v) is 9.71. The molecule has 11 heteroatoms. The van der Waals surface area contributed by atoms with Crippen molar-refractivity contribution in [1.82, 2.24) is 15.5 Å². The highest BCUT2D eigenvalue weighted by atomic mass is 16.6. The summed E-state index contributed by atoms with van der Waals surface area (Å²) >= 11 is 0.